The summed E-state index contributed by atoms with van der Waals surface area (Å²) in [4.78, 5) is 6.38. The van der Waals surface area contributed by atoms with Crippen LogP contribution in [0.2, 0.25) is 0 Å². The zero-order valence-corrected chi connectivity index (χ0v) is 11.5. The van der Waals surface area contributed by atoms with E-state index in [0.29, 0.717) is 5.11 Å². The van der Waals surface area contributed by atoms with Crippen molar-refractivity contribution in [3.63, 3.8) is 0 Å². The molecule has 0 radical (unpaired) electrons. The molecule has 0 saturated carbocycles. The number of nitrogens with one attached hydrogen (secondary N) is 2. The molecule has 17 heavy (non-hydrogen) atoms. The summed E-state index contributed by atoms with van der Waals surface area (Å²) in [5.74, 6) is 0.817. The van der Waals surface area contributed by atoms with E-state index in [1.54, 1.807) is 6.20 Å². The Kier molecular flexibility index (Phi) is 5.86. The van der Waals surface area contributed by atoms with Crippen molar-refractivity contribution in [1.29, 1.82) is 0 Å². The largest absolute Gasteiger partial charge is 0.362 e. The summed E-state index contributed by atoms with van der Waals surface area (Å²) in [5, 5.41) is 6.89. The van der Waals surface area contributed by atoms with Gasteiger partial charge in [0.1, 0.15) is 5.82 Å². The number of rotatable bonds is 5. The fraction of sp³-hybridized carbons (Fsp3) is 0.500. The fourth-order valence-electron chi connectivity index (χ4n) is 1.37. The second-order valence-electron chi connectivity index (χ2n) is 4.21. The van der Waals surface area contributed by atoms with E-state index in [9.17, 15) is 0 Å². The van der Waals surface area contributed by atoms with Crippen LogP contribution in [0.25, 0.3) is 0 Å². The topological polar surface area (TPSA) is 40.2 Å². The Morgan fingerprint density at radius 3 is 2.88 bits per heavy atom. The molecule has 0 unspecified atom stereocenters. The molecule has 0 aliphatic carbocycles. The highest BCUT2D eigenvalue weighted by Crippen LogP contribution is 2.08. The Balaban J connectivity index is 2.28. The van der Waals surface area contributed by atoms with Crippen LogP contribution < -0.4 is 10.6 Å². The molecule has 94 valence electrons. The monoisotopic (exact) mass is 252 g/mol. The third-order valence-electron chi connectivity index (χ3n) is 2.31. The highest BCUT2D eigenvalue weighted by atomic mass is 32.1. The van der Waals surface area contributed by atoms with Crippen molar-refractivity contribution < 1.29 is 0 Å². The molecule has 4 nitrogen and oxygen atoms in total. The first kappa shape index (κ1) is 13.9. The third-order valence-corrected chi connectivity index (χ3v) is 2.56. The number of hydrogen-bond acceptors (Lipinski definition) is 3. The Morgan fingerprint density at radius 2 is 2.24 bits per heavy atom. The van der Waals surface area contributed by atoms with E-state index in [1.807, 2.05) is 19.1 Å². The summed E-state index contributed by atoms with van der Waals surface area (Å²) in [6.45, 7) is 3.93. The lowest BCUT2D eigenvalue weighted by Crippen LogP contribution is -2.31. The zero-order chi connectivity index (χ0) is 12.7. The summed E-state index contributed by atoms with van der Waals surface area (Å²) in [7, 11) is 4.13. The molecule has 0 aromatic carbocycles. The normalized spacial score (nSPS) is 10.4. The molecular formula is C12H20N4S. The van der Waals surface area contributed by atoms with Gasteiger partial charge in [0.25, 0.3) is 0 Å². The second kappa shape index (κ2) is 7.19. The highest BCUT2D eigenvalue weighted by Gasteiger charge is 2.00. The average Bonchev–Trinajstić information content (AvgIpc) is 2.27. The van der Waals surface area contributed by atoms with E-state index in [2.05, 4.69) is 34.6 Å². The van der Waals surface area contributed by atoms with Gasteiger partial charge in [-0.05, 0) is 57.8 Å². The van der Waals surface area contributed by atoms with Gasteiger partial charge in [0.2, 0.25) is 0 Å². The minimum Gasteiger partial charge on any atom is -0.362 e. The van der Waals surface area contributed by atoms with Gasteiger partial charge in [-0.2, -0.15) is 0 Å². The van der Waals surface area contributed by atoms with Crippen LogP contribution in [0.3, 0.4) is 0 Å². The Bertz CT molecular complexity index is 365. The van der Waals surface area contributed by atoms with Crippen LogP contribution in [0.4, 0.5) is 5.82 Å². The molecule has 5 heteroatoms. The van der Waals surface area contributed by atoms with Gasteiger partial charge in [0.05, 0.1) is 0 Å². The van der Waals surface area contributed by atoms with Gasteiger partial charge in [-0.15, -0.1) is 0 Å². The number of aryl methyl sites for hydroxylation is 1. The summed E-state index contributed by atoms with van der Waals surface area (Å²) in [5.41, 5.74) is 1.09. The maximum atomic E-state index is 5.20. The molecule has 0 amide bonds. The van der Waals surface area contributed by atoms with Crippen LogP contribution in [-0.4, -0.2) is 42.2 Å². The summed E-state index contributed by atoms with van der Waals surface area (Å²) >= 11 is 5.20. The van der Waals surface area contributed by atoms with Crippen LogP contribution in [0.1, 0.15) is 12.0 Å². The average molecular weight is 252 g/mol. The molecule has 1 heterocycles. The lowest BCUT2D eigenvalue weighted by Gasteiger charge is -2.13. The zero-order valence-electron chi connectivity index (χ0n) is 10.7. The molecule has 0 spiro atoms. The van der Waals surface area contributed by atoms with Crippen LogP contribution in [0.5, 0.6) is 0 Å². The Hall–Kier alpha value is -1.20. The van der Waals surface area contributed by atoms with Crippen LogP contribution in [0.15, 0.2) is 18.3 Å². The first-order chi connectivity index (χ1) is 8.09. The standard InChI is InChI=1S/C12H20N4S/c1-10-6-4-7-13-11(10)15-12(17)14-8-5-9-16(2)3/h4,6-7H,5,8-9H2,1-3H3,(H2,13,14,15,17). The predicted molar refractivity (Wildman–Crippen MR) is 76.4 cm³/mol. The first-order valence-electron chi connectivity index (χ1n) is 5.71. The number of anilines is 1. The van der Waals surface area contributed by atoms with Gasteiger partial charge in [0, 0.05) is 12.7 Å². The molecule has 0 aliphatic heterocycles. The minimum atomic E-state index is 0.630. The number of nitrogens with zero attached hydrogens (tertiary/aromatic N) is 2. The number of pyridine rings is 1. The van der Waals surface area contributed by atoms with Gasteiger partial charge in [-0.25, -0.2) is 4.98 Å². The van der Waals surface area contributed by atoms with Crippen molar-refractivity contribution in [2.75, 3.05) is 32.5 Å². The summed E-state index contributed by atoms with van der Waals surface area (Å²) in [6, 6.07) is 3.91. The SMILES string of the molecule is Cc1cccnc1NC(=S)NCCCN(C)C. The van der Waals surface area contributed by atoms with Crippen molar-refractivity contribution in [2.45, 2.75) is 13.3 Å². The lowest BCUT2D eigenvalue weighted by molar-refractivity contribution is 0.400. The summed E-state index contributed by atoms with van der Waals surface area (Å²) in [6.07, 6.45) is 2.82. The Labute approximate surface area is 108 Å². The maximum Gasteiger partial charge on any atom is 0.171 e. The molecule has 1 aromatic rings. The molecule has 0 bridgehead atoms. The number of aromatic nitrogens is 1. The first-order valence-corrected chi connectivity index (χ1v) is 6.11. The molecular weight excluding hydrogens is 232 g/mol. The van der Waals surface area contributed by atoms with Crippen LogP contribution in [0, 0.1) is 6.92 Å². The third kappa shape index (κ3) is 5.60. The molecule has 2 N–H and O–H groups in total. The predicted octanol–water partition coefficient (Wildman–Crippen LogP) is 1.63. The van der Waals surface area contributed by atoms with E-state index in [4.69, 9.17) is 12.2 Å². The van der Waals surface area contributed by atoms with Gasteiger partial charge in [-0.1, -0.05) is 6.07 Å². The molecule has 1 rings (SSSR count). The molecule has 0 aliphatic rings. The molecule has 0 saturated heterocycles. The van der Waals surface area contributed by atoms with Crippen molar-refractivity contribution in [3.8, 4) is 0 Å². The fourth-order valence-corrected chi connectivity index (χ4v) is 1.56. The molecule has 1 aromatic heterocycles. The van der Waals surface area contributed by atoms with Crippen molar-refractivity contribution >= 4 is 23.1 Å². The second-order valence-corrected chi connectivity index (χ2v) is 4.61. The number of hydrogen-bond donors (Lipinski definition) is 2. The quantitative estimate of drug-likeness (QED) is 0.616. The van der Waals surface area contributed by atoms with Gasteiger partial charge >= 0.3 is 0 Å². The highest BCUT2D eigenvalue weighted by molar-refractivity contribution is 7.80. The van der Waals surface area contributed by atoms with Crippen LogP contribution in [-0.2, 0) is 0 Å². The minimum absolute atomic E-state index is 0.630. The van der Waals surface area contributed by atoms with E-state index >= 15 is 0 Å². The van der Waals surface area contributed by atoms with E-state index in [0.717, 1.165) is 30.9 Å². The van der Waals surface area contributed by atoms with Gasteiger partial charge < -0.3 is 15.5 Å². The summed E-state index contributed by atoms with van der Waals surface area (Å²) < 4.78 is 0. The number of thiocarbonyl (C=S) groups is 1. The van der Waals surface area contributed by atoms with Crippen molar-refractivity contribution in [2.24, 2.45) is 0 Å². The van der Waals surface area contributed by atoms with Crippen molar-refractivity contribution in [1.82, 2.24) is 15.2 Å². The molecule has 0 fully saturated rings. The van der Waals surface area contributed by atoms with Gasteiger partial charge in [0.15, 0.2) is 5.11 Å². The van der Waals surface area contributed by atoms with E-state index in [-0.39, 0.29) is 0 Å². The van der Waals surface area contributed by atoms with Gasteiger partial charge in [-0.3, -0.25) is 0 Å². The van der Waals surface area contributed by atoms with Crippen LogP contribution >= 0.6 is 12.2 Å². The van der Waals surface area contributed by atoms with E-state index in [1.165, 1.54) is 0 Å². The van der Waals surface area contributed by atoms with Crippen molar-refractivity contribution in [3.05, 3.63) is 23.9 Å². The van der Waals surface area contributed by atoms with E-state index < -0.39 is 0 Å². The molecule has 0 atom stereocenters. The maximum absolute atomic E-state index is 5.20. The smallest absolute Gasteiger partial charge is 0.171 e. The lowest BCUT2D eigenvalue weighted by atomic mass is 10.3. The Morgan fingerprint density at radius 1 is 1.47 bits per heavy atom.